The minimum Gasteiger partial charge on any atom is -0.459 e. The molecule has 0 N–H and O–H groups in total. The van der Waals surface area contributed by atoms with Crippen LogP contribution in [0.15, 0.2) is 36.4 Å². The quantitative estimate of drug-likeness (QED) is 0.693. The predicted octanol–water partition coefficient (Wildman–Crippen LogP) is 1.45. The molecule has 3 rings (SSSR count). The van der Waals surface area contributed by atoms with Crippen molar-refractivity contribution in [2.24, 2.45) is 0 Å². The topological polar surface area (TPSA) is 38.8 Å². The first kappa shape index (κ1) is 8.35. The number of rotatable bonds is 1. The number of fused-ring (bicyclic) bond motifs is 1. The van der Waals surface area contributed by atoms with E-state index in [-0.39, 0.29) is 12.7 Å². The molecule has 0 aromatic heterocycles. The van der Waals surface area contributed by atoms with Gasteiger partial charge in [-0.3, -0.25) is 9.69 Å². The number of hydrogen-bond acceptors (Lipinski definition) is 3. The summed E-state index contributed by atoms with van der Waals surface area (Å²) in [5.74, 6) is 0.471. The number of carbonyl (C=O) groups excluding carboxylic acids is 1. The maximum absolute atomic E-state index is 11.9. The lowest BCUT2D eigenvalue weighted by atomic mass is 10.1. The molecule has 0 bridgehead atoms. The van der Waals surface area contributed by atoms with Crippen LogP contribution in [-0.2, 0) is 16.0 Å². The maximum Gasteiger partial charge on any atom is 0.261 e. The Morgan fingerprint density at radius 2 is 2.13 bits per heavy atom. The minimum absolute atomic E-state index is 0.0256. The molecular weight excluding hydrogens is 194 g/mol. The standard InChI is InChI=1S/C11H9NO3/c13-11-9-4-2-1-3-8(9)5-12(11)10-6-14-7-15-10/h1-4,6H,5,7H2. The summed E-state index contributed by atoms with van der Waals surface area (Å²) in [6.07, 6.45) is 1.48. The highest BCUT2D eigenvalue weighted by Crippen LogP contribution is 2.27. The molecule has 0 unspecified atom stereocenters. The highest BCUT2D eigenvalue weighted by atomic mass is 16.7. The zero-order chi connectivity index (χ0) is 10.3. The van der Waals surface area contributed by atoms with Gasteiger partial charge in [0.05, 0.1) is 6.54 Å². The molecule has 4 nitrogen and oxygen atoms in total. The van der Waals surface area contributed by atoms with Crippen molar-refractivity contribution in [2.45, 2.75) is 6.54 Å². The van der Waals surface area contributed by atoms with E-state index in [1.165, 1.54) is 6.26 Å². The second-order valence-corrected chi connectivity index (χ2v) is 3.43. The molecule has 4 heteroatoms. The van der Waals surface area contributed by atoms with Crippen LogP contribution in [-0.4, -0.2) is 17.6 Å². The molecule has 2 aliphatic heterocycles. The van der Waals surface area contributed by atoms with Gasteiger partial charge in [0.1, 0.15) is 6.26 Å². The summed E-state index contributed by atoms with van der Waals surface area (Å²) in [6.45, 7) is 0.750. The van der Waals surface area contributed by atoms with Crippen molar-refractivity contribution in [1.29, 1.82) is 0 Å². The van der Waals surface area contributed by atoms with E-state index in [4.69, 9.17) is 9.47 Å². The number of amides is 1. The highest BCUT2D eigenvalue weighted by molar-refractivity contribution is 5.99. The number of ether oxygens (including phenoxy) is 2. The van der Waals surface area contributed by atoms with E-state index in [1.54, 1.807) is 4.90 Å². The lowest BCUT2D eigenvalue weighted by Crippen LogP contribution is -2.23. The van der Waals surface area contributed by atoms with Crippen LogP contribution in [0.25, 0.3) is 0 Å². The number of nitrogens with zero attached hydrogens (tertiary/aromatic N) is 1. The first-order chi connectivity index (χ1) is 7.36. The highest BCUT2D eigenvalue weighted by Gasteiger charge is 2.31. The first-order valence-electron chi connectivity index (χ1n) is 4.70. The zero-order valence-corrected chi connectivity index (χ0v) is 7.97. The Kier molecular flexibility index (Phi) is 1.68. The van der Waals surface area contributed by atoms with Crippen LogP contribution >= 0.6 is 0 Å². The molecule has 2 heterocycles. The summed E-state index contributed by atoms with van der Waals surface area (Å²) in [4.78, 5) is 13.5. The van der Waals surface area contributed by atoms with Crippen molar-refractivity contribution in [3.05, 3.63) is 47.5 Å². The van der Waals surface area contributed by atoms with Gasteiger partial charge in [-0.1, -0.05) is 18.2 Å². The average Bonchev–Trinajstić information content (AvgIpc) is 2.87. The molecule has 76 valence electrons. The van der Waals surface area contributed by atoms with E-state index < -0.39 is 0 Å². The summed E-state index contributed by atoms with van der Waals surface area (Å²) in [5, 5.41) is 0. The van der Waals surface area contributed by atoms with Crippen LogP contribution in [0.5, 0.6) is 0 Å². The molecule has 0 aliphatic carbocycles. The summed E-state index contributed by atoms with van der Waals surface area (Å²) in [5.41, 5.74) is 1.77. The third kappa shape index (κ3) is 1.18. The zero-order valence-electron chi connectivity index (χ0n) is 7.97. The van der Waals surface area contributed by atoms with Gasteiger partial charge in [0, 0.05) is 5.56 Å². The summed E-state index contributed by atoms with van der Waals surface area (Å²) in [7, 11) is 0. The molecule has 0 saturated carbocycles. The van der Waals surface area contributed by atoms with Gasteiger partial charge >= 0.3 is 0 Å². The number of carbonyl (C=O) groups is 1. The fraction of sp³-hybridized carbons (Fsp3) is 0.182. The van der Waals surface area contributed by atoms with Gasteiger partial charge in [0.2, 0.25) is 12.7 Å². The van der Waals surface area contributed by atoms with Crippen molar-refractivity contribution >= 4 is 5.91 Å². The third-order valence-corrected chi connectivity index (χ3v) is 2.55. The van der Waals surface area contributed by atoms with Crippen molar-refractivity contribution < 1.29 is 14.3 Å². The Hall–Kier alpha value is -1.97. The van der Waals surface area contributed by atoms with Crippen LogP contribution in [0.1, 0.15) is 15.9 Å². The summed E-state index contributed by atoms with van der Waals surface area (Å²) < 4.78 is 10.1. The van der Waals surface area contributed by atoms with Gasteiger partial charge in [0.25, 0.3) is 5.91 Å². The Balaban J connectivity index is 1.96. The predicted molar refractivity (Wildman–Crippen MR) is 51.4 cm³/mol. The Bertz CT molecular complexity index is 453. The molecule has 1 amide bonds. The van der Waals surface area contributed by atoms with Gasteiger partial charge < -0.3 is 9.47 Å². The van der Waals surface area contributed by atoms with E-state index in [0.717, 1.165) is 11.1 Å². The van der Waals surface area contributed by atoms with Crippen LogP contribution in [0.3, 0.4) is 0 Å². The lowest BCUT2D eigenvalue weighted by Gasteiger charge is -2.13. The van der Waals surface area contributed by atoms with Gasteiger partial charge in [-0.25, -0.2) is 0 Å². The molecule has 15 heavy (non-hydrogen) atoms. The Morgan fingerprint density at radius 1 is 1.27 bits per heavy atom. The normalized spacial score (nSPS) is 18.3. The van der Waals surface area contributed by atoms with Crippen LogP contribution in [0, 0.1) is 0 Å². The monoisotopic (exact) mass is 203 g/mol. The third-order valence-electron chi connectivity index (χ3n) is 2.55. The smallest absolute Gasteiger partial charge is 0.261 e. The Morgan fingerprint density at radius 3 is 2.87 bits per heavy atom. The van der Waals surface area contributed by atoms with E-state index in [0.29, 0.717) is 12.4 Å². The molecule has 1 aromatic rings. The van der Waals surface area contributed by atoms with E-state index in [1.807, 2.05) is 24.3 Å². The fourth-order valence-corrected chi connectivity index (χ4v) is 1.81. The summed E-state index contributed by atoms with van der Waals surface area (Å²) in [6, 6.07) is 7.56. The lowest BCUT2D eigenvalue weighted by molar-refractivity contribution is 0.0427. The minimum atomic E-state index is -0.0256. The van der Waals surface area contributed by atoms with Crippen LogP contribution < -0.4 is 0 Å². The SMILES string of the molecule is O=C1c2ccccc2CN1C1=COCO1. The molecule has 0 saturated heterocycles. The second-order valence-electron chi connectivity index (χ2n) is 3.43. The molecule has 0 spiro atoms. The Labute approximate surface area is 86.7 Å². The molecular formula is C11H9NO3. The van der Waals surface area contributed by atoms with Crippen molar-refractivity contribution in [2.75, 3.05) is 6.79 Å². The van der Waals surface area contributed by atoms with Crippen LogP contribution in [0.4, 0.5) is 0 Å². The van der Waals surface area contributed by atoms with Gasteiger partial charge in [-0.05, 0) is 11.6 Å². The van der Waals surface area contributed by atoms with Gasteiger partial charge in [-0.15, -0.1) is 0 Å². The molecule has 0 radical (unpaired) electrons. The van der Waals surface area contributed by atoms with Crippen molar-refractivity contribution in [3.63, 3.8) is 0 Å². The molecule has 0 atom stereocenters. The molecule has 2 aliphatic rings. The van der Waals surface area contributed by atoms with Gasteiger partial charge in [0.15, 0.2) is 0 Å². The van der Waals surface area contributed by atoms with E-state index in [2.05, 4.69) is 0 Å². The first-order valence-corrected chi connectivity index (χ1v) is 4.70. The summed E-state index contributed by atoms with van der Waals surface area (Å²) >= 11 is 0. The van der Waals surface area contributed by atoms with Crippen molar-refractivity contribution in [1.82, 2.24) is 4.90 Å². The van der Waals surface area contributed by atoms with E-state index in [9.17, 15) is 4.79 Å². The molecule has 1 aromatic carbocycles. The fourth-order valence-electron chi connectivity index (χ4n) is 1.81. The maximum atomic E-state index is 11.9. The largest absolute Gasteiger partial charge is 0.459 e. The average molecular weight is 203 g/mol. The van der Waals surface area contributed by atoms with Crippen LogP contribution in [0.2, 0.25) is 0 Å². The second kappa shape index (κ2) is 3.02. The van der Waals surface area contributed by atoms with Crippen molar-refractivity contribution in [3.8, 4) is 0 Å². The van der Waals surface area contributed by atoms with Gasteiger partial charge in [-0.2, -0.15) is 0 Å². The van der Waals surface area contributed by atoms with E-state index >= 15 is 0 Å². The number of benzene rings is 1. The number of hydrogen-bond donors (Lipinski definition) is 0. The molecule has 0 fully saturated rings.